The molecule has 1 saturated heterocycles. The van der Waals surface area contributed by atoms with Crippen molar-refractivity contribution in [1.82, 2.24) is 5.32 Å². The van der Waals surface area contributed by atoms with Gasteiger partial charge in [-0.2, -0.15) is 0 Å². The van der Waals surface area contributed by atoms with Crippen molar-refractivity contribution in [3.63, 3.8) is 0 Å². The Kier molecular flexibility index (Phi) is 4.78. The molecule has 0 radical (unpaired) electrons. The Hall–Kier alpha value is -2.38. The number of ether oxygens (including phenoxy) is 2. The van der Waals surface area contributed by atoms with Crippen LogP contribution in [0.2, 0.25) is 0 Å². The number of para-hydroxylation sites is 1. The Balaban J connectivity index is 1.89. The van der Waals surface area contributed by atoms with Gasteiger partial charge in [-0.3, -0.25) is 5.32 Å². The molecule has 1 aliphatic heterocycles. The van der Waals surface area contributed by atoms with E-state index in [2.05, 4.69) is 5.32 Å². The highest BCUT2D eigenvalue weighted by atomic mass is 32.2. The van der Waals surface area contributed by atoms with Crippen LogP contribution in [-0.2, 0) is 19.4 Å². The molecule has 1 atom stereocenters. The van der Waals surface area contributed by atoms with Gasteiger partial charge in [0, 0.05) is 0 Å². The van der Waals surface area contributed by atoms with E-state index >= 15 is 0 Å². The van der Waals surface area contributed by atoms with Crippen molar-refractivity contribution in [3.05, 3.63) is 54.6 Å². The van der Waals surface area contributed by atoms with Crippen molar-refractivity contribution in [3.8, 4) is 11.5 Å². The van der Waals surface area contributed by atoms with Gasteiger partial charge in [0.05, 0.1) is 12.0 Å². The molecule has 1 heterocycles. The van der Waals surface area contributed by atoms with Gasteiger partial charge in [-0.15, -0.1) is 0 Å². The van der Waals surface area contributed by atoms with Gasteiger partial charge in [0.25, 0.3) is 0 Å². The average Bonchev–Trinajstić information content (AvgIpc) is 3.14. The molecule has 0 saturated carbocycles. The molecule has 7 heteroatoms. The molecule has 1 fully saturated rings. The Bertz CT molecular complexity index is 841. The smallest absolute Gasteiger partial charge is 0.342 e. The number of carbonyl (C=O) groups is 1. The maximum Gasteiger partial charge on any atom is 0.342 e. The topological polar surface area (TPSA) is 81.7 Å². The third-order valence-electron chi connectivity index (χ3n) is 4.20. The summed E-state index contributed by atoms with van der Waals surface area (Å²) in [5, 5.41) is 2.82. The lowest BCUT2D eigenvalue weighted by Crippen LogP contribution is -2.54. The van der Waals surface area contributed by atoms with Crippen molar-refractivity contribution in [2.75, 3.05) is 13.7 Å². The first kappa shape index (κ1) is 17.4. The van der Waals surface area contributed by atoms with E-state index in [0.717, 1.165) is 0 Å². The molecule has 1 unspecified atom stereocenters. The van der Waals surface area contributed by atoms with Gasteiger partial charge in [-0.25, -0.2) is 13.2 Å². The Morgan fingerprint density at radius 1 is 1.04 bits per heavy atom. The van der Waals surface area contributed by atoms with Crippen LogP contribution in [0.3, 0.4) is 0 Å². The normalized spacial score (nSPS) is 20.2. The molecule has 3 rings (SSSR count). The zero-order valence-electron chi connectivity index (χ0n) is 13.8. The van der Waals surface area contributed by atoms with Gasteiger partial charge in [0.1, 0.15) is 11.5 Å². The summed E-state index contributed by atoms with van der Waals surface area (Å²) in [5.41, 5.74) is 0. The van der Waals surface area contributed by atoms with Crippen LogP contribution in [0.1, 0.15) is 12.8 Å². The number of sulfone groups is 1. The number of nitrogens with one attached hydrogen (secondary N) is 1. The van der Waals surface area contributed by atoms with Crippen molar-refractivity contribution in [2.45, 2.75) is 22.6 Å². The number of hydrogen-bond acceptors (Lipinski definition) is 6. The third kappa shape index (κ3) is 3.12. The Morgan fingerprint density at radius 2 is 1.68 bits per heavy atom. The fraction of sp³-hybridized carbons (Fsp3) is 0.278. The minimum atomic E-state index is -3.94. The van der Waals surface area contributed by atoms with Gasteiger partial charge < -0.3 is 9.47 Å². The number of esters is 1. The van der Waals surface area contributed by atoms with Crippen LogP contribution in [-0.4, -0.2) is 32.9 Å². The van der Waals surface area contributed by atoms with Gasteiger partial charge in [-0.1, -0.05) is 18.2 Å². The number of carbonyl (C=O) groups excluding carboxylic acids is 1. The second-order valence-electron chi connectivity index (χ2n) is 5.74. The van der Waals surface area contributed by atoms with E-state index in [-0.39, 0.29) is 11.3 Å². The Morgan fingerprint density at radius 3 is 2.24 bits per heavy atom. The van der Waals surface area contributed by atoms with Crippen molar-refractivity contribution < 1.29 is 22.7 Å². The second kappa shape index (κ2) is 6.85. The first-order valence-corrected chi connectivity index (χ1v) is 9.39. The summed E-state index contributed by atoms with van der Waals surface area (Å²) in [7, 11) is -2.75. The van der Waals surface area contributed by atoms with Crippen LogP contribution >= 0.6 is 0 Å². The fourth-order valence-corrected chi connectivity index (χ4v) is 4.81. The van der Waals surface area contributed by atoms with Crippen LogP contribution < -0.4 is 10.1 Å². The van der Waals surface area contributed by atoms with E-state index in [9.17, 15) is 13.2 Å². The van der Waals surface area contributed by atoms with Crippen LogP contribution in [0.15, 0.2) is 59.5 Å². The van der Waals surface area contributed by atoms with Gasteiger partial charge in [-0.05, 0) is 55.8 Å². The van der Waals surface area contributed by atoms with Crippen LogP contribution in [0.25, 0.3) is 0 Å². The first-order chi connectivity index (χ1) is 12.0. The summed E-state index contributed by atoms with van der Waals surface area (Å²) in [6.45, 7) is 0.448. The number of hydrogen-bond donors (Lipinski definition) is 1. The van der Waals surface area contributed by atoms with E-state index in [1.54, 1.807) is 24.3 Å². The summed E-state index contributed by atoms with van der Waals surface area (Å²) in [6, 6.07) is 15.2. The molecule has 132 valence electrons. The monoisotopic (exact) mass is 361 g/mol. The predicted molar refractivity (Wildman–Crippen MR) is 92.1 cm³/mol. The van der Waals surface area contributed by atoms with E-state index < -0.39 is 20.7 Å². The summed E-state index contributed by atoms with van der Waals surface area (Å²) in [6.07, 6.45) is 0.772. The summed E-state index contributed by atoms with van der Waals surface area (Å²) in [5.74, 6) is 0.382. The quantitative estimate of drug-likeness (QED) is 0.824. The third-order valence-corrected chi connectivity index (χ3v) is 6.53. The van der Waals surface area contributed by atoms with Gasteiger partial charge in [0.15, 0.2) is 0 Å². The lowest BCUT2D eigenvalue weighted by Gasteiger charge is -2.26. The van der Waals surface area contributed by atoms with Gasteiger partial charge in [0.2, 0.25) is 14.7 Å². The first-order valence-electron chi connectivity index (χ1n) is 7.91. The maximum absolute atomic E-state index is 13.0. The highest BCUT2D eigenvalue weighted by Gasteiger charge is 2.54. The van der Waals surface area contributed by atoms with Crippen LogP contribution in [0.4, 0.5) is 0 Å². The van der Waals surface area contributed by atoms with Crippen molar-refractivity contribution >= 4 is 15.8 Å². The molecule has 0 spiro atoms. The number of rotatable bonds is 5. The van der Waals surface area contributed by atoms with Gasteiger partial charge >= 0.3 is 5.97 Å². The minimum absolute atomic E-state index is 0.0488. The molecule has 0 aromatic heterocycles. The highest BCUT2D eigenvalue weighted by Crippen LogP contribution is 2.33. The molecule has 0 bridgehead atoms. The lowest BCUT2D eigenvalue weighted by molar-refractivity contribution is -0.144. The standard InChI is InChI=1S/C18H19NO5S/c1-23-17(20)18(12-5-13-19-18)25(21,22)16-10-8-15(9-11-16)24-14-6-3-2-4-7-14/h2-4,6-11,19H,5,12-13H2,1H3. The van der Waals surface area contributed by atoms with E-state index in [4.69, 9.17) is 9.47 Å². The van der Waals surface area contributed by atoms with E-state index in [0.29, 0.717) is 24.5 Å². The van der Waals surface area contributed by atoms with E-state index in [1.165, 1.54) is 19.2 Å². The molecule has 1 aliphatic rings. The zero-order valence-corrected chi connectivity index (χ0v) is 14.6. The predicted octanol–water partition coefficient (Wildman–Crippen LogP) is 2.51. The summed E-state index contributed by atoms with van der Waals surface area (Å²) in [4.78, 5) is 10.5. The summed E-state index contributed by atoms with van der Waals surface area (Å²) >= 11 is 0. The highest BCUT2D eigenvalue weighted by molar-refractivity contribution is 7.93. The minimum Gasteiger partial charge on any atom is -0.467 e. The maximum atomic E-state index is 13.0. The van der Waals surface area contributed by atoms with Crippen LogP contribution in [0, 0.1) is 0 Å². The van der Waals surface area contributed by atoms with Crippen LogP contribution in [0.5, 0.6) is 11.5 Å². The molecular formula is C18H19NO5S. The molecule has 1 N–H and O–H groups in total. The van der Waals surface area contributed by atoms with E-state index in [1.807, 2.05) is 18.2 Å². The van der Waals surface area contributed by atoms with Crippen molar-refractivity contribution in [2.24, 2.45) is 0 Å². The number of benzene rings is 2. The molecular weight excluding hydrogens is 342 g/mol. The summed E-state index contributed by atoms with van der Waals surface area (Å²) < 4.78 is 36.5. The van der Waals surface area contributed by atoms with Crippen molar-refractivity contribution in [1.29, 1.82) is 0 Å². The average molecular weight is 361 g/mol. The molecule has 2 aromatic rings. The molecule has 25 heavy (non-hydrogen) atoms. The second-order valence-corrected chi connectivity index (χ2v) is 7.91. The molecule has 6 nitrogen and oxygen atoms in total. The Labute approximate surface area is 146 Å². The largest absolute Gasteiger partial charge is 0.467 e. The zero-order chi connectivity index (χ0) is 17.9. The molecule has 2 aromatic carbocycles. The molecule has 0 aliphatic carbocycles. The SMILES string of the molecule is COC(=O)C1(S(=O)(=O)c2ccc(Oc3ccccc3)cc2)CCCN1. The molecule has 0 amide bonds. The fourth-order valence-electron chi connectivity index (χ4n) is 2.91. The number of methoxy groups -OCH3 is 1. The lowest BCUT2D eigenvalue weighted by atomic mass is 10.2.